The second-order valence-corrected chi connectivity index (χ2v) is 5.85. The molecule has 0 spiro atoms. The number of rotatable bonds is 6. The third-order valence-corrected chi connectivity index (χ3v) is 4.14. The highest BCUT2D eigenvalue weighted by Crippen LogP contribution is 2.18. The minimum atomic E-state index is -0.284. The lowest BCUT2D eigenvalue weighted by Gasteiger charge is -2.05. The van der Waals surface area contributed by atoms with Gasteiger partial charge >= 0.3 is 5.69 Å². The van der Waals surface area contributed by atoms with E-state index in [1.165, 1.54) is 10.9 Å². The molecule has 0 saturated heterocycles. The zero-order valence-electron chi connectivity index (χ0n) is 13.9. The predicted octanol–water partition coefficient (Wildman–Crippen LogP) is 1.83. The Balaban J connectivity index is 2.00. The molecule has 0 bridgehead atoms. The zero-order chi connectivity index (χ0) is 17.1. The molecule has 2 heterocycles. The standard InChI is InChI=1S/C17H21N5O2/c1-3-4-10-21-16(18-19-17(21)23)15-13(2)20(12-22(15)24)11-14-8-6-5-7-9-14/h5-9,12H,3-4,10-11H2,1-2H3,(H,19,23). The van der Waals surface area contributed by atoms with Crippen molar-refractivity contribution in [3.63, 3.8) is 0 Å². The fraction of sp³-hybridized carbons (Fsp3) is 0.353. The van der Waals surface area contributed by atoms with Crippen molar-refractivity contribution in [3.05, 3.63) is 63.6 Å². The van der Waals surface area contributed by atoms with Crippen molar-refractivity contribution < 1.29 is 4.73 Å². The van der Waals surface area contributed by atoms with Crippen LogP contribution in [0.5, 0.6) is 0 Å². The van der Waals surface area contributed by atoms with Crippen LogP contribution in [-0.2, 0) is 13.1 Å². The molecule has 0 amide bonds. The van der Waals surface area contributed by atoms with E-state index in [1.54, 1.807) is 0 Å². The van der Waals surface area contributed by atoms with Gasteiger partial charge in [0, 0.05) is 13.5 Å². The molecule has 7 nitrogen and oxygen atoms in total. The summed E-state index contributed by atoms with van der Waals surface area (Å²) >= 11 is 0. The van der Waals surface area contributed by atoms with Gasteiger partial charge in [0.2, 0.25) is 17.8 Å². The summed E-state index contributed by atoms with van der Waals surface area (Å²) in [6.07, 6.45) is 3.32. The monoisotopic (exact) mass is 327 g/mol. The van der Waals surface area contributed by atoms with Crippen molar-refractivity contribution in [2.75, 3.05) is 0 Å². The molecule has 0 saturated carbocycles. The molecule has 0 aliphatic heterocycles. The van der Waals surface area contributed by atoms with Crippen LogP contribution in [0, 0.1) is 12.1 Å². The fourth-order valence-electron chi connectivity index (χ4n) is 2.79. The molecular weight excluding hydrogens is 306 g/mol. The van der Waals surface area contributed by atoms with E-state index in [0.717, 1.165) is 28.8 Å². The number of nitrogens with one attached hydrogen (secondary N) is 1. The van der Waals surface area contributed by atoms with E-state index in [2.05, 4.69) is 17.1 Å². The van der Waals surface area contributed by atoms with Crippen LogP contribution in [0.4, 0.5) is 0 Å². The molecule has 0 aliphatic carbocycles. The number of hydrogen-bond acceptors (Lipinski definition) is 3. The molecule has 2 aromatic heterocycles. The van der Waals surface area contributed by atoms with Gasteiger partial charge in [0.15, 0.2) is 5.69 Å². The molecule has 0 radical (unpaired) electrons. The Labute approximate surface area is 139 Å². The van der Waals surface area contributed by atoms with Crippen LogP contribution in [0.15, 0.2) is 41.5 Å². The molecule has 3 aromatic rings. The molecule has 1 aromatic carbocycles. The van der Waals surface area contributed by atoms with E-state index in [4.69, 9.17) is 0 Å². The van der Waals surface area contributed by atoms with Gasteiger partial charge < -0.3 is 5.21 Å². The summed E-state index contributed by atoms with van der Waals surface area (Å²) in [4.78, 5) is 12.0. The van der Waals surface area contributed by atoms with Crippen molar-refractivity contribution in [2.24, 2.45) is 0 Å². The number of benzene rings is 1. The Morgan fingerprint density at radius 3 is 2.75 bits per heavy atom. The summed E-state index contributed by atoms with van der Waals surface area (Å²) < 4.78 is 4.20. The molecule has 7 heteroatoms. The SMILES string of the molecule is CCCCn1c(-c2c(C)n(Cc3ccccc3)c[n+]2[O-])n[nH]c1=O. The summed E-state index contributed by atoms with van der Waals surface area (Å²) in [5.74, 6) is 0.396. The number of imidazole rings is 1. The number of hydrogen-bond donors (Lipinski definition) is 1. The van der Waals surface area contributed by atoms with Crippen LogP contribution in [0.1, 0.15) is 31.0 Å². The van der Waals surface area contributed by atoms with Crippen molar-refractivity contribution in [2.45, 2.75) is 39.8 Å². The van der Waals surface area contributed by atoms with Crippen LogP contribution in [0.3, 0.4) is 0 Å². The summed E-state index contributed by atoms with van der Waals surface area (Å²) in [7, 11) is 0. The third kappa shape index (κ3) is 2.97. The Morgan fingerprint density at radius 2 is 2.04 bits per heavy atom. The Bertz CT molecular complexity index is 876. The first-order chi connectivity index (χ1) is 11.6. The first kappa shape index (κ1) is 16.0. The average Bonchev–Trinajstić information content (AvgIpc) is 3.06. The number of aromatic amines is 1. The van der Waals surface area contributed by atoms with Gasteiger partial charge in [-0.15, -0.1) is 5.10 Å². The molecule has 3 rings (SSSR count). The maximum atomic E-state index is 12.4. The van der Waals surface area contributed by atoms with E-state index >= 15 is 0 Å². The highest BCUT2D eigenvalue weighted by Gasteiger charge is 2.24. The second-order valence-electron chi connectivity index (χ2n) is 5.85. The van der Waals surface area contributed by atoms with Gasteiger partial charge in [0.25, 0.3) is 0 Å². The van der Waals surface area contributed by atoms with Crippen LogP contribution < -0.4 is 10.4 Å². The summed E-state index contributed by atoms with van der Waals surface area (Å²) in [6, 6.07) is 9.92. The van der Waals surface area contributed by atoms with Gasteiger partial charge in [-0.2, -0.15) is 0 Å². The summed E-state index contributed by atoms with van der Waals surface area (Å²) in [5.41, 5.74) is 2.02. The van der Waals surface area contributed by atoms with Crippen LogP contribution >= 0.6 is 0 Å². The molecule has 0 aliphatic rings. The van der Waals surface area contributed by atoms with Gasteiger partial charge in [-0.25, -0.2) is 19.2 Å². The first-order valence-electron chi connectivity index (χ1n) is 8.10. The third-order valence-electron chi connectivity index (χ3n) is 4.14. The molecule has 0 unspecified atom stereocenters. The van der Waals surface area contributed by atoms with E-state index in [1.807, 2.05) is 41.8 Å². The Morgan fingerprint density at radius 1 is 1.29 bits per heavy atom. The van der Waals surface area contributed by atoms with Crippen molar-refractivity contribution >= 4 is 0 Å². The van der Waals surface area contributed by atoms with E-state index in [0.29, 0.717) is 24.6 Å². The molecule has 1 N–H and O–H groups in total. The molecular formula is C17H21N5O2. The topological polar surface area (TPSA) is 82.5 Å². The van der Waals surface area contributed by atoms with Crippen molar-refractivity contribution in [1.29, 1.82) is 0 Å². The van der Waals surface area contributed by atoms with Crippen LogP contribution in [-0.4, -0.2) is 19.3 Å². The maximum absolute atomic E-state index is 12.4. The van der Waals surface area contributed by atoms with Crippen molar-refractivity contribution in [1.82, 2.24) is 19.3 Å². The average molecular weight is 327 g/mol. The van der Waals surface area contributed by atoms with Gasteiger partial charge in [-0.3, -0.25) is 4.57 Å². The molecule has 126 valence electrons. The summed E-state index contributed by atoms with van der Waals surface area (Å²) in [6.45, 7) is 5.07. The number of unbranched alkanes of at least 4 members (excludes halogenated alkanes) is 1. The second kappa shape index (κ2) is 6.74. The number of aromatic nitrogens is 5. The highest BCUT2D eigenvalue weighted by molar-refractivity contribution is 5.49. The van der Waals surface area contributed by atoms with E-state index < -0.39 is 0 Å². The van der Waals surface area contributed by atoms with Crippen LogP contribution in [0.2, 0.25) is 0 Å². The fourth-order valence-corrected chi connectivity index (χ4v) is 2.79. The first-order valence-corrected chi connectivity index (χ1v) is 8.10. The van der Waals surface area contributed by atoms with Gasteiger partial charge in [-0.1, -0.05) is 43.7 Å². The minimum Gasteiger partial charge on any atom is -0.710 e. The smallest absolute Gasteiger partial charge is 0.343 e. The molecule has 24 heavy (non-hydrogen) atoms. The number of nitrogens with zero attached hydrogens (tertiary/aromatic N) is 4. The largest absolute Gasteiger partial charge is 0.710 e. The van der Waals surface area contributed by atoms with Crippen LogP contribution in [0.25, 0.3) is 11.5 Å². The Hall–Kier alpha value is -2.83. The number of H-pyrrole nitrogens is 1. The lowest BCUT2D eigenvalue weighted by atomic mass is 10.2. The minimum absolute atomic E-state index is 0.284. The van der Waals surface area contributed by atoms with E-state index in [-0.39, 0.29) is 5.69 Å². The maximum Gasteiger partial charge on any atom is 0.343 e. The van der Waals surface area contributed by atoms with Gasteiger partial charge in [-0.05, 0) is 12.0 Å². The van der Waals surface area contributed by atoms with E-state index in [9.17, 15) is 10.0 Å². The lowest BCUT2D eigenvalue weighted by Crippen LogP contribution is -2.28. The normalized spacial score (nSPS) is 11.1. The lowest BCUT2D eigenvalue weighted by molar-refractivity contribution is -0.594. The highest BCUT2D eigenvalue weighted by atomic mass is 16.5. The predicted molar refractivity (Wildman–Crippen MR) is 90.4 cm³/mol. The quantitative estimate of drug-likeness (QED) is 0.554. The molecule has 0 fully saturated rings. The van der Waals surface area contributed by atoms with Crippen molar-refractivity contribution in [3.8, 4) is 11.5 Å². The Kier molecular flexibility index (Phi) is 4.50. The molecule has 0 atom stereocenters. The zero-order valence-corrected chi connectivity index (χ0v) is 13.9. The summed E-state index contributed by atoms with van der Waals surface area (Å²) in [5, 5.41) is 18.9. The van der Waals surface area contributed by atoms with Gasteiger partial charge in [0.1, 0.15) is 6.54 Å². The van der Waals surface area contributed by atoms with Gasteiger partial charge in [0.05, 0.1) is 0 Å².